The second-order valence-corrected chi connectivity index (χ2v) is 8.32. The number of nitrogens with one attached hydrogen (secondary N) is 1. The predicted octanol–water partition coefficient (Wildman–Crippen LogP) is 4.49. The lowest BCUT2D eigenvalue weighted by Crippen LogP contribution is -2.40. The van der Waals surface area contributed by atoms with E-state index in [0.29, 0.717) is 11.6 Å². The van der Waals surface area contributed by atoms with E-state index in [1.54, 1.807) is 18.4 Å². The first-order chi connectivity index (χ1) is 13.6. The molecule has 1 aliphatic heterocycles. The van der Waals surface area contributed by atoms with Crippen LogP contribution in [0.1, 0.15) is 18.4 Å². The Balaban J connectivity index is 1.34. The van der Waals surface area contributed by atoms with E-state index in [1.807, 2.05) is 42.5 Å². The maximum atomic E-state index is 12.5. The van der Waals surface area contributed by atoms with Gasteiger partial charge >= 0.3 is 0 Å². The fraction of sp³-hybridized carbons (Fsp3) is 0.333. The van der Waals surface area contributed by atoms with E-state index in [4.69, 9.17) is 21.3 Å². The third-order valence-electron chi connectivity index (χ3n) is 5.13. The van der Waals surface area contributed by atoms with E-state index in [0.717, 1.165) is 52.6 Å². The lowest BCUT2D eigenvalue weighted by Gasteiger charge is -2.31. The fourth-order valence-corrected chi connectivity index (χ4v) is 4.70. The molecule has 1 aliphatic rings. The number of benzene rings is 2. The molecule has 2 aromatic carbocycles. The van der Waals surface area contributed by atoms with E-state index < -0.39 is 0 Å². The summed E-state index contributed by atoms with van der Waals surface area (Å²) in [7, 11) is 1.67. The summed E-state index contributed by atoms with van der Waals surface area (Å²) >= 11 is 7.83. The van der Waals surface area contributed by atoms with Crippen molar-refractivity contribution in [2.45, 2.75) is 19.4 Å². The number of carbonyl (C=O) groups is 1. The molecule has 7 heteroatoms. The molecular formula is C21H22ClN3O2S. The molecule has 1 N–H and O–H groups in total. The highest BCUT2D eigenvalue weighted by Crippen LogP contribution is 2.33. The van der Waals surface area contributed by atoms with Gasteiger partial charge in [-0.1, -0.05) is 41.1 Å². The molecule has 0 radical (unpaired) electrons. The van der Waals surface area contributed by atoms with Crippen LogP contribution >= 0.6 is 22.9 Å². The molecule has 146 valence electrons. The van der Waals surface area contributed by atoms with Crippen molar-refractivity contribution < 1.29 is 9.53 Å². The molecule has 4 rings (SSSR count). The van der Waals surface area contributed by atoms with Crippen molar-refractivity contribution in [2.75, 3.05) is 25.1 Å². The van der Waals surface area contributed by atoms with Gasteiger partial charge in [0.2, 0.25) is 5.91 Å². The molecule has 1 aromatic heterocycles. The number of hydrogen-bond acceptors (Lipinski definition) is 5. The molecule has 0 aliphatic carbocycles. The van der Waals surface area contributed by atoms with Gasteiger partial charge in [-0.15, -0.1) is 0 Å². The molecule has 1 amide bonds. The number of aromatic nitrogens is 1. The van der Waals surface area contributed by atoms with Crippen LogP contribution in [0.25, 0.3) is 10.2 Å². The van der Waals surface area contributed by atoms with Crippen molar-refractivity contribution in [1.29, 1.82) is 0 Å². The molecule has 0 atom stereocenters. The molecule has 1 saturated heterocycles. The van der Waals surface area contributed by atoms with Crippen LogP contribution < -0.4 is 15.0 Å². The molecule has 0 spiro atoms. The highest BCUT2D eigenvalue weighted by Gasteiger charge is 2.26. The van der Waals surface area contributed by atoms with Gasteiger partial charge in [0, 0.05) is 30.6 Å². The lowest BCUT2D eigenvalue weighted by molar-refractivity contribution is -0.125. The van der Waals surface area contributed by atoms with Crippen LogP contribution in [0.15, 0.2) is 42.5 Å². The number of amides is 1. The molecule has 5 nitrogen and oxygen atoms in total. The molecule has 0 saturated carbocycles. The average molecular weight is 416 g/mol. The summed E-state index contributed by atoms with van der Waals surface area (Å²) < 4.78 is 6.41. The molecule has 0 unspecified atom stereocenters. The topological polar surface area (TPSA) is 54.5 Å². The normalized spacial score (nSPS) is 15.0. The second kappa shape index (κ2) is 8.37. The van der Waals surface area contributed by atoms with Crippen molar-refractivity contribution in [3.63, 3.8) is 0 Å². The van der Waals surface area contributed by atoms with Gasteiger partial charge in [0.25, 0.3) is 0 Å². The summed E-state index contributed by atoms with van der Waals surface area (Å²) in [5, 5.41) is 4.73. The molecule has 3 aromatic rings. The van der Waals surface area contributed by atoms with Crippen LogP contribution in [0.2, 0.25) is 5.02 Å². The molecule has 0 bridgehead atoms. The number of hydrogen-bond donors (Lipinski definition) is 1. The van der Waals surface area contributed by atoms with Gasteiger partial charge in [-0.25, -0.2) is 4.98 Å². The van der Waals surface area contributed by atoms with Crippen molar-refractivity contribution >= 4 is 44.2 Å². The highest BCUT2D eigenvalue weighted by molar-refractivity contribution is 7.22. The van der Waals surface area contributed by atoms with Crippen LogP contribution in [0.3, 0.4) is 0 Å². The molecule has 28 heavy (non-hydrogen) atoms. The Hall–Kier alpha value is -2.31. The molecule has 2 heterocycles. The number of carbonyl (C=O) groups excluding carboxylic acids is 1. The Bertz CT molecular complexity index is 983. The second-order valence-electron chi connectivity index (χ2n) is 6.90. The number of nitrogens with zero attached hydrogens (tertiary/aromatic N) is 2. The Kier molecular flexibility index (Phi) is 5.69. The van der Waals surface area contributed by atoms with Crippen molar-refractivity contribution in [1.82, 2.24) is 10.3 Å². The zero-order valence-corrected chi connectivity index (χ0v) is 17.2. The first kappa shape index (κ1) is 19.0. The Morgan fingerprint density at radius 1 is 1.29 bits per heavy atom. The van der Waals surface area contributed by atoms with Gasteiger partial charge in [-0.3, -0.25) is 4.79 Å². The number of rotatable bonds is 5. The van der Waals surface area contributed by atoms with E-state index in [9.17, 15) is 4.79 Å². The number of piperidine rings is 1. The van der Waals surface area contributed by atoms with Crippen LogP contribution in [0, 0.1) is 5.92 Å². The van der Waals surface area contributed by atoms with Gasteiger partial charge in [0.1, 0.15) is 5.75 Å². The predicted molar refractivity (Wildman–Crippen MR) is 114 cm³/mol. The van der Waals surface area contributed by atoms with Gasteiger partial charge < -0.3 is 15.0 Å². The van der Waals surface area contributed by atoms with Gasteiger partial charge in [-0.05, 0) is 42.7 Å². The SMILES string of the molecule is COc1ccc2nc(N3CCC(C(=O)NCc4ccccc4Cl)CC3)sc2c1. The summed E-state index contributed by atoms with van der Waals surface area (Å²) in [6.07, 6.45) is 1.65. The largest absolute Gasteiger partial charge is 0.497 e. The third kappa shape index (κ3) is 4.08. The Morgan fingerprint density at radius 3 is 2.82 bits per heavy atom. The average Bonchev–Trinajstić information content (AvgIpc) is 3.16. The van der Waals surface area contributed by atoms with E-state index in [-0.39, 0.29) is 11.8 Å². The smallest absolute Gasteiger partial charge is 0.223 e. The van der Waals surface area contributed by atoms with E-state index >= 15 is 0 Å². The summed E-state index contributed by atoms with van der Waals surface area (Å²) in [5.74, 6) is 0.985. The maximum Gasteiger partial charge on any atom is 0.223 e. The number of anilines is 1. The number of ether oxygens (including phenoxy) is 1. The Morgan fingerprint density at radius 2 is 2.07 bits per heavy atom. The maximum absolute atomic E-state index is 12.5. The number of halogens is 1. The fourth-order valence-electron chi connectivity index (χ4n) is 3.46. The minimum Gasteiger partial charge on any atom is -0.497 e. The standard InChI is InChI=1S/C21H22ClN3O2S/c1-27-16-6-7-18-19(12-16)28-21(24-18)25-10-8-14(9-11-25)20(26)23-13-15-4-2-3-5-17(15)22/h2-7,12,14H,8-11,13H2,1H3,(H,23,26). The molecular weight excluding hydrogens is 394 g/mol. The van der Waals surface area contributed by atoms with Gasteiger partial charge in [0.15, 0.2) is 5.13 Å². The van der Waals surface area contributed by atoms with E-state index in [2.05, 4.69) is 10.2 Å². The van der Waals surface area contributed by atoms with Crippen LogP contribution in [0.4, 0.5) is 5.13 Å². The van der Waals surface area contributed by atoms with Gasteiger partial charge in [0.05, 0.1) is 17.3 Å². The highest BCUT2D eigenvalue weighted by atomic mass is 35.5. The zero-order chi connectivity index (χ0) is 19.5. The zero-order valence-electron chi connectivity index (χ0n) is 15.7. The molecule has 1 fully saturated rings. The van der Waals surface area contributed by atoms with Crippen molar-refractivity contribution in [2.24, 2.45) is 5.92 Å². The van der Waals surface area contributed by atoms with Crippen molar-refractivity contribution in [3.8, 4) is 5.75 Å². The number of fused-ring (bicyclic) bond motifs is 1. The Labute approximate surface area is 173 Å². The quantitative estimate of drug-likeness (QED) is 0.667. The van der Waals surface area contributed by atoms with Gasteiger partial charge in [-0.2, -0.15) is 0 Å². The monoisotopic (exact) mass is 415 g/mol. The van der Waals surface area contributed by atoms with Crippen LogP contribution in [0.5, 0.6) is 5.75 Å². The first-order valence-electron chi connectivity index (χ1n) is 9.34. The summed E-state index contributed by atoms with van der Waals surface area (Å²) in [6, 6.07) is 13.5. The van der Waals surface area contributed by atoms with Crippen LogP contribution in [-0.4, -0.2) is 31.1 Å². The number of methoxy groups -OCH3 is 1. The summed E-state index contributed by atoms with van der Waals surface area (Å²) in [5.41, 5.74) is 1.93. The van der Waals surface area contributed by atoms with Crippen molar-refractivity contribution in [3.05, 3.63) is 53.1 Å². The van der Waals surface area contributed by atoms with Crippen LogP contribution in [-0.2, 0) is 11.3 Å². The van der Waals surface area contributed by atoms with E-state index in [1.165, 1.54) is 0 Å². The summed E-state index contributed by atoms with van der Waals surface area (Å²) in [4.78, 5) is 19.6. The minimum absolute atomic E-state index is 0.0354. The third-order valence-corrected chi connectivity index (χ3v) is 6.58. The number of thiazole rings is 1. The summed E-state index contributed by atoms with van der Waals surface area (Å²) in [6.45, 7) is 2.14. The minimum atomic E-state index is 0.0354. The first-order valence-corrected chi connectivity index (χ1v) is 10.5. The lowest BCUT2D eigenvalue weighted by atomic mass is 9.96.